The standard InChI is InChI=1S/C19H21N3O2S/c1-11-10-25-18-20-12(2)15(17(24)22(11)18)21-16(23)13-6-8-14(9-7-13)19(3,4)5/h6-10H,1-5H3,(H,21,23). The third kappa shape index (κ3) is 3.22. The van der Waals surface area contributed by atoms with Crippen LogP contribution in [0.1, 0.15) is 48.1 Å². The molecule has 3 rings (SSSR count). The number of nitrogens with one attached hydrogen (secondary N) is 1. The molecule has 3 aromatic rings. The van der Waals surface area contributed by atoms with Crippen LogP contribution in [0.4, 0.5) is 5.69 Å². The maximum absolute atomic E-state index is 12.7. The molecule has 0 aliphatic carbocycles. The Labute approximate surface area is 150 Å². The van der Waals surface area contributed by atoms with E-state index in [-0.39, 0.29) is 22.6 Å². The highest BCUT2D eigenvalue weighted by atomic mass is 32.1. The normalized spacial score (nSPS) is 11.7. The molecule has 0 spiro atoms. The summed E-state index contributed by atoms with van der Waals surface area (Å²) in [6.07, 6.45) is 0. The van der Waals surface area contributed by atoms with Crippen LogP contribution in [0.2, 0.25) is 0 Å². The number of hydrogen-bond acceptors (Lipinski definition) is 4. The molecule has 0 radical (unpaired) electrons. The third-order valence-corrected chi connectivity index (χ3v) is 5.12. The number of aromatic nitrogens is 2. The largest absolute Gasteiger partial charge is 0.316 e. The molecule has 2 aromatic heterocycles. The minimum atomic E-state index is -0.310. The quantitative estimate of drug-likeness (QED) is 0.758. The molecular formula is C19H21N3O2S. The van der Waals surface area contributed by atoms with Crippen molar-refractivity contribution in [1.29, 1.82) is 0 Å². The number of fused-ring (bicyclic) bond motifs is 1. The average Bonchev–Trinajstić information content (AvgIpc) is 2.91. The van der Waals surface area contributed by atoms with Crippen molar-refractivity contribution in [2.45, 2.75) is 40.0 Å². The Morgan fingerprint density at radius 2 is 1.80 bits per heavy atom. The maximum Gasteiger partial charge on any atom is 0.282 e. The van der Waals surface area contributed by atoms with Crippen LogP contribution < -0.4 is 10.9 Å². The lowest BCUT2D eigenvalue weighted by Crippen LogP contribution is -2.25. The van der Waals surface area contributed by atoms with Gasteiger partial charge >= 0.3 is 0 Å². The van der Waals surface area contributed by atoms with Gasteiger partial charge in [0.1, 0.15) is 5.69 Å². The number of carbonyl (C=O) groups is 1. The van der Waals surface area contributed by atoms with Crippen molar-refractivity contribution in [3.8, 4) is 0 Å². The van der Waals surface area contributed by atoms with E-state index >= 15 is 0 Å². The van der Waals surface area contributed by atoms with Crippen LogP contribution in [0.3, 0.4) is 0 Å². The number of anilines is 1. The van der Waals surface area contributed by atoms with Crippen molar-refractivity contribution in [3.63, 3.8) is 0 Å². The summed E-state index contributed by atoms with van der Waals surface area (Å²) in [5, 5.41) is 4.61. The zero-order valence-electron chi connectivity index (χ0n) is 15.0. The minimum Gasteiger partial charge on any atom is -0.316 e. The number of amides is 1. The Hall–Kier alpha value is -2.47. The summed E-state index contributed by atoms with van der Waals surface area (Å²) >= 11 is 1.41. The molecule has 0 aliphatic rings. The average molecular weight is 355 g/mol. The van der Waals surface area contributed by atoms with Gasteiger partial charge in [-0.1, -0.05) is 32.9 Å². The van der Waals surface area contributed by atoms with Gasteiger partial charge in [0, 0.05) is 16.6 Å². The van der Waals surface area contributed by atoms with Crippen molar-refractivity contribution >= 4 is 27.9 Å². The number of carbonyl (C=O) groups excluding carboxylic acids is 1. The Morgan fingerprint density at radius 3 is 2.40 bits per heavy atom. The molecule has 0 saturated carbocycles. The van der Waals surface area contributed by atoms with Gasteiger partial charge in [0.25, 0.3) is 11.5 Å². The van der Waals surface area contributed by atoms with E-state index in [4.69, 9.17) is 0 Å². The zero-order valence-corrected chi connectivity index (χ0v) is 15.8. The Morgan fingerprint density at radius 1 is 1.16 bits per heavy atom. The predicted molar refractivity (Wildman–Crippen MR) is 102 cm³/mol. The van der Waals surface area contributed by atoms with Crippen molar-refractivity contribution in [1.82, 2.24) is 9.38 Å². The van der Waals surface area contributed by atoms with E-state index in [1.165, 1.54) is 15.7 Å². The lowest BCUT2D eigenvalue weighted by atomic mass is 9.87. The van der Waals surface area contributed by atoms with E-state index in [0.717, 1.165) is 11.3 Å². The van der Waals surface area contributed by atoms with E-state index in [2.05, 4.69) is 31.1 Å². The minimum absolute atomic E-state index is 0.0237. The molecule has 25 heavy (non-hydrogen) atoms. The molecule has 1 aromatic carbocycles. The highest BCUT2D eigenvalue weighted by Crippen LogP contribution is 2.22. The van der Waals surface area contributed by atoms with Gasteiger partial charge in [-0.3, -0.25) is 14.0 Å². The fourth-order valence-electron chi connectivity index (χ4n) is 2.63. The third-order valence-electron chi connectivity index (χ3n) is 4.17. The number of aryl methyl sites for hydroxylation is 2. The highest BCUT2D eigenvalue weighted by molar-refractivity contribution is 7.15. The van der Waals surface area contributed by atoms with Crippen molar-refractivity contribution in [2.75, 3.05) is 5.32 Å². The lowest BCUT2D eigenvalue weighted by Gasteiger charge is -2.19. The van der Waals surface area contributed by atoms with Crippen LogP contribution in [0, 0.1) is 13.8 Å². The van der Waals surface area contributed by atoms with Crippen molar-refractivity contribution < 1.29 is 4.79 Å². The van der Waals surface area contributed by atoms with Crippen LogP contribution in [0.5, 0.6) is 0 Å². The summed E-state index contributed by atoms with van der Waals surface area (Å²) in [5.74, 6) is -0.310. The molecule has 5 nitrogen and oxygen atoms in total. The van der Waals surface area contributed by atoms with Gasteiger partial charge < -0.3 is 5.32 Å². The second kappa shape index (κ2) is 6.11. The molecule has 0 unspecified atom stereocenters. The molecule has 130 valence electrons. The molecule has 1 N–H and O–H groups in total. The number of hydrogen-bond donors (Lipinski definition) is 1. The highest BCUT2D eigenvalue weighted by Gasteiger charge is 2.17. The summed E-state index contributed by atoms with van der Waals surface area (Å²) < 4.78 is 1.52. The Kier molecular flexibility index (Phi) is 4.24. The topological polar surface area (TPSA) is 63.5 Å². The first-order valence-corrected chi connectivity index (χ1v) is 8.96. The van der Waals surface area contributed by atoms with Gasteiger partial charge in [-0.2, -0.15) is 0 Å². The summed E-state index contributed by atoms with van der Waals surface area (Å²) in [5.41, 5.74) is 2.99. The molecule has 6 heteroatoms. The van der Waals surface area contributed by atoms with Crippen LogP contribution in [0.25, 0.3) is 4.96 Å². The second-order valence-corrected chi connectivity index (χ2v) is 7.99. The fourth-order valence-corrected chi connectivity index (χ4v) is 3.54. The SMILES string of the molecule is Cc1nc2scc(C)n2c(=O)c1NC(=O)c1ccc(C(C)(C)C)cc1. The first kappa shape index (κ1) is 17.4. The first-order valence-electron chi connectivity index (χ1n) is 8.08. The van der Waals surface area contributed by atoms with Gasteiger partial charge in [-0.05, 0) is 37.0 Å². The molecule has 0 fully saturated rings. The van der Waals surface area contributed by atoms with E-state index in [0.29, 0.717) is 16.2 Å². The zero-order chi connectivity index (χ0) is 18.4. The van der Waals surface area contributed by atoms with Gasteiger partial charge in [0.2, 0.25) is 0 Å². The summed E-state index contributed by atoms with van der Waals surface area (Å²) in [4.78, 5) is 30.3. The van der Waals surface area contributed by atoms with E-state index < -0.39 is 0 Å². The van der Waals surface area contributed by atoms with Crippen molar-refractivity contribution in [2.24, 2.45) is 0 Å². The molecular weight excluding hydrogens is 334 g/mol. The van der Waals surface area contributed by atoms with E-state index in [1.807, 2.05) is 24.4 Å². The number of thiazole rings is 1. The molecule has 0 aliphatic heterocycles. The Bertz CT molecular complexity index is 1010. The second-order valence-electron chi connectivity index (χ2n) is 7.15. The van der Waals surface area contributed by atoms with Crippen molar-refractivity contribution in [3.05, 3.63) is 62.5 Å². The maximum atomic E-state index is 12.7. The first-order chi connectivity index (χ1) is 11.7. The lowest BCUT2D eigenvalue weighted by molar-refractivity contribution is 0.102. The summed E-state index contributed by atoms with van der Waals surface area (Å²) in [7, 11) is 0. The van der Waals surface area contributed by atoms with Crippen LogP contribution in [-0.2, 0) is 5.41 Å². The molecule has 2 heterocycles. The van der Waals surface area contributed by atoms with Gasteiger partial charge in [0.15, 0.2) is 4.96 Å². The smallest absolute Gasteiger partial charge is 0.282 e. The molecule has 0 saturated heterocycles. The molecule has 0 bridgehead atoms. The van der Waals surface area contributed by atoms with Gasteiger partial charge in [-0.15, -0.1) is 11.3 Å². The summed E-state index contributed by atoms with van der Waals surface area (Å²) in [6, 6.07) is 7.45. The molecule has 1 amide bonds. The van der Waals surface area contributed by atoms with Gasteiger partial charge in [-0.25, -0.2) is 4.98 Å². The van der Waals surface area contributed by atoms with Crippen LogP contribution in [-0.4, -0.2) is 15.3 Å². The monoisotopic (exact) mass is 355 g/mol. The van der Waals surface area contributed by atoms with Gasteiger partial charge in [0.05, 0.1) is 5.69 Å². The number of rotatable bonds is 2. The molecule has 0 atom stereocenters. The number of nitrogens with zero attached hydrogens (tertiary/aromatic N) is 2. The van der Waals surface area contributed by atoms with E-state index in [1.54, 1.807) is 19.1 Å². The number of benzene rings is 1. The fraction of sp³-hybridized carbons (Fsp3) is 0.316. The summed E-state index contributed by atoms with van der Waals surface area (Å²) in [6.45, 7) is 9.94. The van der Waals surface area contributed by atoms with Crippen LogP contribution in [0.15, 0.2) is 34.4 Å². The Balaban J connectivity index is 1.95. The van der Waals surface area contributed by atoms with E-state index in [9.17, 15) is 9.59 Å². The van der Waals surface area contributed by atoms with Crippen LogP contribution >= 0.6 is 11.3 Å². The predicted octanol–water partition coefficient (Wildman–Crippen LogP) is 3.92.